The number of sulfonamides is 1. The zero-order chi connectivity index (χ0) is 15.4. The fraction of sp³-hybridized carbons (Fsp3) is 0.294. The topological polar surface area (TPSA) is 46.2 Å². The second-order valence-electron chi connectivity index (χ2n) is 5.46. The molecule has 5 heteroatoms. The quantitative estimate of drug-likeness (QED) is 0.913. The van der Waals surface area contributed by atoms with Crippen molar-refractivity contribution < 1.29 is 8.42 Å². The molecule has 1 N–H and O–H groups in total. The lowest BCUT2D eigenvalue weighted by Gasteiger charge is -2.16. The number of fused-ring (bicyclic) bond motifs is 1. The zero-order valence-electron chi connectivity index (χ0n) is 12.3. The van der Waals surface area contributed by atoms with Gasteiger partial charge in [-0.2, -0.15) is 0 Å². The van der Waals surface area contributed by atoms with Gasteiger partial charge < -0.3 is 0 Å². The summed E-state index contributed by atoms with van der Waals surface area (Å²) < 4.78 is 27.0. The van der Waals surface area contributed by atoms with E-state index in [1.165, 1.54) is 22.6 Å². The van der Waals surface area contributed by atoms with Gasteiger partial charge in [-0.25, -0.2) is 13.1 Å². The number of hydrogen-bond donors (Lipinski definition) is 1. The van der Waals surface area contributed by atoms with Gasteiger partial charge in [0.2, 0.25) is 10.0 Å². The molecule has 0 atom stereocenters. The molecule has 3 rings (SSSR count). The summed E-state index contributed by atoms with van der Waals surface area (Å²) in [4.78, 5) is 1.34. The van der Waals surface area contributed by atoms with Gasteiger partial charge in [-0.15, -0.1) is 11.8 Å². The maximum absolute atomic E-state index is 12.1. The van der Waals surface area contributed by atoms with E-state index in [4.69, 9.17) is 0 Å². The predicted molar refractivity (Wildman–Crippen MR) is 91.4 cm³/mol. The molecule has 0 bridgehead atoms. The lowest BCUT2D eigenvalue weighted by atomic mass is 10.1. The van der Waals surface area contributed by atoms with E-state index in [1.807, 2.05) is 48.2 Å². The molecular formula is C17H19NO2S2. The first-order valence-corrected chi connectivity index (χ1v) is 10.0. The Kier molecular flexibility index (Phi) is 4.86. The van der Waals surface area contributed by atoms with Crippen LogP contribution in [0.1, 0.15) is 23.1 Å². The Hall–Kier alpha value is -1.30. The molecular weight excluding hydrogens is 314 g/mol. The van der Waals surface area contributed by atoms with Crippen LogP contribution in [0.25, 0.3) is 0 Å². The van der Waals surface area contributed by atoms with Gasteiger partial charge in [0.15, 0.2) is 0 Å². The highest BCUT2D eigenvalue weighted by molar-refractivity contribution is 7.99. The number of thioether (sulfide) groups is 1. The van der Waals surface area contributed by atoms with Crippen LogP contribution in [0.15, 0.2) is 53.4 Å². The summed E-state index contributed by atoms with van der Waals surface area (Å²) in [5, 5.41) is 0. The van der Waals surface area contributed by atoms with E-state index in [1.54, 1.807) is 0 Å². The fourth-order valence-electron chi connectivity index (χ4n) is 2.56. The first-order chi connectivity index (χ1) is 10.6. The van der Waals surface area contributed by atoms with E-state index in [-0.39, 0.29) is 5.75 Å². The van der Waals surface area contributed by atoms with Crippen molar-refractivity contribution in [3.63, 3.8) is 0 Å². The van der Waals surface area contributed by atoms with Crippen LogP contribution >= 0.6 is 11.8 Å². The number of aryl methyl sites for hydroxylation is 1. The monoisotopic (exact) mass is 333 g/mol. The van der Waals surface area contributed by atoms with Crippen molar-refractivity contribution in [3.8, 4) is 0 Å². The summed E-state index contributed by atoms with van der Waals surface area (Å²) in [7, 11) is -3.31. The molecule has 22 heavy (non-hydrogen) atoms. The summed E-state index contributed by atoms with van der Waals surface area (Å²) in [6, 6.07) is 15.5. The Morgan fingerprint density at radius 2 is 1.86 bits per heavy atom. The Morgan fingerprint density at radius 3 is 2.68 bits per heavy atom. The molecule has 0 unspecified atom stereocenters. The molecule has 0 aliphatic carbocycles. The van der Waals surface area contributed by atoms with Gasteiger partial charge in [0.25, 0.3) is 0 Å². The van der Waals surface area contributed by atoms with Crippen molar-refractivity contribution >= 4 is 21.8 Å². The minimum atomic E-state index is -3.31. The zero-order valence-corrected chi connectivity index (χ0v) is 13.9. The third-order valence-electron chi connectivity index (χ3n) is 3.67. The third kappa shape index (κ3) is 4.12. The van der Waals surface area contributed by atoms with Crippen LogP contribution in [0.2, 0.25) is 0 Å². The molecule has 3 nitrogen and oxygen atoms in total. The highest BCUT2D eigenvalue weighted by Gasteiger charge is 2.13. The first kappa shape index (κ1) is 15.6. The number of nitrogens with one attached hydrogen (secondary N) is 1. The Balaban J connectivity index is 1.64. The van der Waals surface area contributed by atoms with Crippen molar-refractivity contribution in [1.82, 2.24) is 4.72 Å². The Morgan fingerprint density at radius 1 is 1.05 bits per heavy atom. The van der Waals surface area contributed by atoms with Crippen LogP contribution in [0.4, 0.5) is 0 Å². The normalized spacial score (nSPS) is 14.5. The van der Waals surface area contributed by atoms with Crippen LogP contribution in [0.5, 0.6) is 0 Å². The maximum atomic E-state index is 12.1. The summed E-state index contributed by atoms with van der Waals surface area (Å²) in [6.07, 6.45) is 2.29. The molecule has 0 radical (unpaired) electrons. The van der Waals surface area contributed by atoms with Gasteiger partial charge in [0.05, 0.1) is 5.75 Å². The van der Waals surface area contributed by atoms with E-state index in [2.05, 4.69) is 16.9 Å². The second-order valence-corrected chi connectivity index (χ2v) is 8.40. The van der Waals surface area contributed by atoms with Crippen LogP contribution in [-0.2, 0) is 28.7 Å². The Labute approximate surface area is 136 Å². The van der Waals surface area contributed by atoms with Crippen molar-refractivity contribution in [2.45, 2.75) is 30.0 Å². The molecule has 0 fully saturated rings. The molecule has 0 spiro atoms. The van der Waals surface area contributed by atoms with Gasteiger partial charge in [-0.05, 0) is 41.4 Å². The minimum absolute atomic E-state index is 0.0225. The third-order valence-corrected chi connectivity index (χ3v) is 6.17. The largest absolute Gasteiger partial charge is 0.216 e. The van der Waals surface area contributed by atoms with Crippen LogP contribution < -0.4 is 4.72 Å². The SMILES string of the molecule is O=S(=O)(Cc1ccccc1)NCc1ccc2c(c1)CCCS2. The molecule has 0 saturated carbocycles. The van der Waals surface area contributed by atoms with Gasteiger partial charge in [0, 0.05) is 11.4 Å². The number of hydrogen-bond acceptors (Lipinski definition) is 3. The second kappa shape index (κ2) is 6.86. The van der Waals surface area contributed by atoms with E-state index in [0.717, 1.165) is 17.5 Å². The smallest absolute Gasteiger partial charge is 0.212 e. The maximum Gasteiger partial charge on any atom is 0.216 e. The summed E-state index contributed by atoms with van der Waals surface area (Å²) >= 11 is 1.88. The van der Waals surface area contributed by atoms with E-state index in [9.17, 15) is 8.42 Å². The van der Waals surface area contributed by atoms with Crippen molar-refractivity contribution in [2.75, 3.05) is 5.75 Å². The average Bonchev–Trinajstić information content (AvgIpc) is 2.53. The first-order valence-electron chi connectivity index (χ1n) is 7.38. The molecule has 1 aliphatic heterocycles. The molecule has 2 aromatic rings. The summed E-state index contributed by atoms with van der Waals surface area (Å²) in [5.74, 6) is 1.20. The van der Waals surface area contributed by atoms with Crippen LogP contribution in [0, 0.1) is 0 Å². The molecule has 0 saturated heterocycles. The number of rotatable bonds is 5. The lowest BCUT2D eigenvalue weighted by molar-refractivity contribution is 0.580. The standard InChI is InChI=1S/C17H19NO2S2/c19-22(20,13-14-5-2-1-3-6-14)18-12-15-8-9-17-16(11-15)7-4-10-21-17/h1-3,5-6,8-9,11,18H,4,7,10,12-13H2. The van der Waals surface area contributed by atoms with Crippen LogP contribution in [-0.4, -0.2) is 14.2 Å². The molecule has 0 aromatic heterocycles. The van der Waals surface area contributed by atoms with E-state index >= 15 is 0 Å². The molecule has 1 heterocycles. The highest BCUT2D eigenvalue weighted by Crippen LogP contribution is 2.30. The van der Waals surface area contributed by atoms with E-state index in [0.29, 0.717) is 6.54 Å². The molecule has 0 amide bonds. The van der Waals surface area contributed by atoms with Crippen LogP contribution in [0.3, 0.4) is 0 Å². The minimum Gasteiger partial charge on any atom is -0.212 e. The predicted octanol–water partition coefficient (Wildman–Crippen LogP) is 3.34. The van der Waals surface area contributed by atoms with Gasteiger partial charge >= 0.3 is 0 Å². The molecule has 2 aromatic carbocycles. The highest BCUT2D eigenvalue weighted by atomic mass is 32.2. The van der Waals surface area contributed by atoms with Crippen molar-refractivity contribution in [3.05, 3.63) is 65.2 Å². The van der Waals surface area contributed by atoms with Gasteiger partial charge in [-0.1, -0.05) is 42.5 Å². The Bertz CT molecular complexity index is 743. The number of benzene rings is 2. The summed E-state index contributed by atoms with van der Waals surface area (Å²) in [5.41, 5.74) is 3.17. The van der Waals surface area contributed by atoms with Crippen molar-refractivity contribution in [1.29, 1.82) is 0 Å². The van der Waals surface area contributed by atoms with Gasteiger partial charge in [-0.3, -0.25) is 0 Å². The average molecular weight is 333 g/mol. The molecule has 116 valence electrons. The molecule has 1 aliphatic rings. The van der Waals surface area contributed by atoms with Crippen molar-refractivity contribution in [2.24, 2.45) is 0 Å². The summed E-state index contributed by atoms with van der Waals surface area (Å²) in [6.45, 7) is 0.354. The van der Waals surface area contributed by atoms with E-state index < -0.39 is 10.0 Å². The fourth-order valence-corrected chi connectivity index (χ4v) is 4.70. The van der Waals surface area contributed by atoms with Gasteiger partial charge in [0.1, 0.15) is 0 Å². The lowest BCUT2D eigenvalue weighted by Crippen LogP contribution is -2.24.